The van der Waals surface area contributed by atoms with E-state index in [2.05, 4.69) is 11.6 Å². The summed E-state index contributed by atoms with van der Waals surface area (Å²) in [4.78, 5) is 10.2. The van der Waals surface area contributed by atoms with Gasteiger partial charge in [0.2, 0.25) is 0 Å². The minimum absolute atomic E-state index is 0.497. The van der Waals surface area contributed by atoms with Crippen LogP contribution in [0.4, 0.5) is 0 Å². The van der Waals surface area contributed by atoms with Crippen molar-refractivity contribution >= 4 is 19.9 Å². The fourth-order valence-electron chi connectivity index (χ4n) is 0.486. The molecule has 0 bridgehead atoms. The number of nitrogens with two attached hydrogens (primary N) is 1. The van der Waals surface area contributed by atoms with E-state index in [9.17, 15) is 4.79 Å². The van der Waals surface area contributed by atoms with E-state index in [4.69, 9.17) is 10.8 Å². The van der Waals surface area contributed by atoms with Crippen LogP contribution in [0.5, 0.6) is 0 Å². The molecule has 60 valence electrons. The molecule has 0 amide bonds. The summed E-state index contributed by atoms with van der Waals surface area (Å²) < 4.78 is 0. The van der Waals surface area contributed by atoms with Crippen LogP contribution in [-0.4, -0.2) is 31.0 Å². The van der Waals surface area contributed by atoms with Crippen molar-refractivity contribution in [3.05, 3.63) is 0 Å². The second-order valence-electron chi connectivity index (χ2n) is 2.42. The standard InChI is InChI=1S/C6H13NO2Se/c1-10(2)4-3-5(7)6(8)9/h5H,3-4,7H2,1-2H3/p+1/t5-/m1/s1. The first kappa shape index (κ1) is 9.95. The van der Waals surface area contributed by atoms with Crippen LogP contribution in [0.3, 0.4) is 0 Å². The zero-order chi connectivity index (χ0) is 8.15. The summed E-state index contributed by atoms with van der Waals surface area (Å²) in [5.41, 5.74) is 5.29. The molecule has 3 N–H and O–H groups in total. The first-order valence-electron chi connectivity index (χ1n) is 3.06. The Balaban J connectivity index is 3.40. The molecular weight excluding hydrogens is 197 g/mol. The molecule has 0 rings (SSSR count). The number of carbonyl (C=O) groups is 1. The van der Waals surface area contributed by atoms with Crippen LogP contribution in [0.15, 0.2) is 0 Å². The van der Waals surface area contributed by atoms with Gasteiger partial charge in [-0.2, -0.15) is 0 Å². The molecule has 0 unspecified atom stereocenters. The van der Waals surface area contributed by atoms with Gasteiger partial charge in [-0.05, 0) is 0 Å². The second kappa shape index (κ2) is 4.72. The molecule has 0 aliphatic rings. The monoisotopic (exact) mass is 212 g/mol. The van der Waals surface area contributed by atoms with E-state index < -0.39 is 25.9 Å². The number of hydrogen-bond donors (Lipinski definition) is 2. The molecule has 0 radical (unpaired) electrons. The van der Waals surface area contributed by atoms with Crippen molar-refractivity contribution in [1.82, 2.24) is 0 Å². The van der Waals surface area contributed by atoms with Gasteiger partial charge < -0.3 is 0 Å². The minimum atomic E-state index is -0.882. The molecule has 0 saturated carbocycles. The van der Waals surface area contributed by atoms with Gasteiger partial charge in [0.15, 0.2) is 0 Å². The third-order valence-electron chi connectivity index (χ3n) is 1.15. The Labute approximate surface area is 65.5 Å². The molecule has 4 heteroatoms. The molecule has 0 fully saturated rings. The topological polar surface area (TPSA) is 63.3 Å². The van der Waals surface area contributed by atoms with Crippen molar-refractivity contribution in [2.24, 2.45) is 5.73 Å². The van der Waals surface area contributed by atoms with Gasteiger partial charge in [0, 0.05) is 0 Å². The van der Waals surface area contributed by atoms with E-state index in [0.29, 0.717) is 6.42 Å². The van der Waals surface area contributed by atoms with Gasteiger partial charge in [-0.1, -0.05) is 0 Å². The van der Waals surface area contributed by atoms with Crippen LogP contribution >= 0.6 is 0 Å². The third-order valence-corrected chi connectivity index (χ3v) is 3.36. The Bertz CT molecular complexity index is 116. The molecule has 10 heavy (non-hydrogen) atoms. The third kappa shape index (κ3) is 4.79. The predicted octanol–water partition coefficient (Wildman–Crippen LogP) is 0.543. The van der Waals surface area contributed by atoms with Gasteiger partial charge in [-0.25, -0.2) is 0 Å². The molecule has 1 atom stereocenters. The van der Waals surface area contributed by atoms with Crippen molar-refractivity contribution in [1.29, 1.82) is 0 Å². The van der Waals surface area contributed by atoms with Crippen LogP contribution in [0.25, 0.3) is 0 Å². The maximum absolute atomic E-state index is 10.2. The molecule has 0 aliphatic heterocycles. The van der Waals surface area contributed by atoms with Gasteiger partial charge in [0.1, 0.15) is 0 Å². The normalized spacial score (nSPS) is 13.6. The van der Waals surface area contributed by atoms with Crippen LogP contribution in [0, 0.1) is 0 Å². The number of carboxylic acid groups (broad SMARTS) is 1. The quantitative estimate of drug-likeness (QED) is 0.667. The zero-order valence-electron chi connectivity index (χ0n) is 6.33. The SMILES string of the molecule is C[Se+](C)CC[C@@H](N)C(=O)O. The van der Waals surface area contributed by atoms with E-state index in [1.807, 2.05) is 0 Å². The Hall–Kier alpha value is -0.0505. The number of carboxylic acids is 1. The average molecular weight is 211 g/mol. The molecule has 0 saturated heterocycles. The Morgan fingerprint density at radius 2 is 2.20 bits per heavy atom. The molecule has 0 aromatic carbocycles. The first-order chi connectivity index (χ1) is 4.54. The van der Waals surface area contributed by atoms with Gasteiger partial charge in [0.05, 0.1) is 0 Å². The van der Waals surface area contributed by atoms with Crippen molar-refractivity contribution in [2.45, 2.75) is 29.4 Å². The second-order valence-corrected chi connectivity index (χ2v) is 7.42. The van der Waals surface area contributed by atoms with Crippen LogP contribution in [0.2, 0.25) is 17.0 Å². The molecule has 0 aromatic heterocycles. The fraction of sp³-hybridized carbons (Fsp3) is 0.833. The maximum atomic E-state index is 10.2. The van der Waals surface area contributed by atoms with Gasteiger partial charge in [-0.15, -0.1) is 0 Å². The van der Waals surface area contributed by atoms with E-state index in [1.54, 1.807) is 0 Å². The van der Waals surface area contributed by atoms with E-state index in [-0.39, 0.29) is 0 Å². The van der Waals surface area contributed by atoms with Gasteiger partial charge in [0.25, 0.3) is 0 Å². The summed E-state index contributed by atoms with van der Waals surface area (Å²) in [6.07, 6.45) is 0.632. The van der Waals surface area contributed by atoms with Gasteiger partial charge >= 0.3 is 64.9 Å². The van der Waals surface area contributed by atoms with Crippen molar-refractivity contribution < 1.29 is 9.90 Å². The van der Waals surface area contributed by atoms with Crippen LogP contribution in [-0.2, 0) is 4.79 Å². The molecular formula is C6H14NO2Se+. The molecule has 3 nitrogen and oxygen atoms in total. The average Bonchev–Trinajstić information content (AvgIpc) is 1.82. The number of hydrogen-bond acceptors (Lipinski definition) is 2. The summed E-state index contributed by atoms with van der Waals surface area (Å²) in [6, 6.07) is -0.647. The Morgan fingerprint density at radius 1 is 1.70 bits per heavy atom. The molecule has 0 heterocycles. The predicted molar refractivity (Wildman–Crippen MR) is 42.5 cm³/mol. The molecule has 0 aromatic rings. The Morgan fingerprint density at radius 3 is 2.50 bits per heavy atom. The van der Waals surface area contributed by atoms with E-state index in [0.717, 1.165) is 5.32 Å². The van der Waals surface area contributed by atoms with Gasteiger partial charge in [-0.3, -0.25) is 0 Å². The summed E-state index contributed by atoms with van der Waals surface area (Å²) in [5.74, 6) is 3.47. The van der Waals surface area contributed by atoms with Crippen molar-refractivity contribution in [3.63, 3.8) is 0 Å². The Kier molecular flexibility index (Phi) is 4.69. The zero-order valence-corrected chi connectivity index (χ0v) is 8.05. The molecule has 0 aliphatic carbocycles. The van der Waals surface area contributed by atoms with Crippen LogP contribution in [0.1, 0.15) is 6.42 Å². The summed E-state index contributed by atoms with van der Waals surface area (Å²) in [5, 5.41) is 9.39. The molecule has 0 spiro atoms. The summed E-state index contributed by atoms with van der Waals surface area (Å²) >= 11 is -0.497. The van der Waals surface area contributed by atoms with E-state index >= 15 is 0 Å². The van der Waals surface area contributed by atoms with Crippen molar-refractivity contribution in [3.8, 4) is 0 Å². The number of aliphatic carboxylic acids is 1. The fourth-order valence-corrected chi connectivity index (χ4v) is 2.01. The summed E-state index contributed by atoms with van der Waals surface area (Å²) in [7, 11) is 0. The van der Waals surface area contributed by atoms with Crippen LogP contribution < -0.4 is 5.73 Å². The van der Waals surface area contributed by atoms with Crippen molar-refractivity contribution in [2.75, 3.05) is 0 Å². The first-order valence-corrected chi connectivity index (χ1v) is 7.70. The number of rotatable bonds is 4. The summed E-state index contributed by atoms with van der Waals surface area (Å²) in [6.45, 7) is 0. The van der Waals surface area contributed by atoms with E-state index in [1.165, 1.54) is 0 Å².